The molecule has 26 heavy (non-hydrogen) atoms. The van der Waals surface area contributed by atoms with Crippen molar-refractivity contribution < 1.29 is 14.3 Å². The minimum absolute atomic E-state index is 0.000146. The quantitative estimate of drug-likeness (QED) is 0.818. The number of methoxy groups -OCH3 is 1. The molecule has 2 aromatic rings. The van der Waals surface area contributed by atoms with Gasteiger partial charge >= 0.3 is 6.03 Å². The standard InChI is InChI=1S/C18H23N5O3/c1-25-17-6-5-14(12-20-17)22-18(24)21-13-16(15-4-2-3-7-19-15)23-8-10-26-11-9-23/h2-7,12,16H,8-11,13H2,1H3,(H2,21,22,24)/t16-/m0/s1. The molecule has 1 atom stereocenters. The number of anilines is 1. The van der Waals surface area contributed by atoms with Gasteiger partial charge in [0.15, 0.2) is 0 Å². The van der Waals surface area contributed by atoms with Crippen LogP contribution in [0.4, 0.5) is 10.5 Å². The molecule has 0 unspecified atom stereocenters. The van der Waals surface area contributed by atoms with Crippen molar-refractivity contribution in [3.8, 4) is 5.88 Å². The monoisotopic (exact) mass is 357 g/mol. The highest BCUT2D eigenvalue weighted by Gasteiger charge is 2.24. The Bertz CT molecular complexity index is 690. The number of carbonyl (C=O) groups is 1. The molecular weight excluding hydrogens is 334 g/mol. The minimum atomic E-state index is -0.286. The van der Waals surface area contributed by atoms with Crippen LogP contribution in [-0.2, 0) is 4.74 Å². The summed E-state index contributed by atoms with van der Waals surface area (Å²) in [5, 5.41) is 5.70. The van der Waals surface area contributed by atoms with Crippen LogP contribution in [0, 0.1) is 0 Å². The average molecular weight is 357 g/mol. The Morgan fingerprint density at radius 3 is 2.77 bits per heavy atom. The average Bonchev–Trinajstić information content (AvgIpc) is 2.70. The van der Waals surface area contributed by atoms with Crippen molar-refractivity contribution >= 4 is 11.7 Å². The first-order valence-electron chi connectivity index (χ1n) is 8.54. The van der Waals surface area contributed by atoms with E-state index in [4.69, 9.17) is 9.47 Å². The first-order valence-corrected chi connectivity index (χ1v) is 8.54. The van der Waals surface area contributed by atoms with E-state index in [2.05, 4.69) is 25.5 Å². The predicted octanol–water partition coefficient (Wildman–Crippen LogP) is 1.68. The Labute approximate surface area is 152 Å². The number of rotatable bonds is 6. The second kappa shape index (κ2) is 9.12. The smallest absolute Gasteiger partial charge is 0.319 e. The second-order valence-electron chi connectivity index (χ2n) is 5.84. The van der Waals surface area contributed by atoms with E-state index in [1.54, 1.807) is 31.6 Å². The van der Waals surface area contributed by atoms with Crippen LogP contribution in [0.1, 0.15) is 11.7 Å². The largest absolute Gasteiger partial charge is 0.481 e. The molecule has 0 saturated carbocycles. The molecule has 0 bridgehead atoms. The molecule has 2 N–H and O–H groups in total. The van der Waals surface area contributed by atoms with Gasteiger partial charge in [0.1, 0.15) is 0 Å². The van der Waals surface area contributed by atoms with Crippen LogP contribution in [-0.4, -0.2) is 60.9 Å². The van der Waals surface area contributed by atoms with Gasteiger partial charge < -0.3 is 20.1 Å². The van der Waals surface area contributed by atoms with Gasteiger partial charge in [-0.15, -0.1) is 0 Å². The molecule has 2 amide bonds. The lowest BCUT2D eigenvalue weighted by Gasteiger charge is -2.34. The van der Waals surface area contributed by atoms with Crippen LogP contribution < -0.4 is 15.4 Å². The van der Waals surface area contributed by atoms with Gasteiger partial charge in [-0.3, -0.25) is 9.88 Å². The van der Waals surface area contributed by atoms with Crippen LogP contribution >= 0.6 is 0 Å². The highest BCUT2D eigenvalue weighted by molar-refractivity contribution is 5.89. The first-order chi connectivity index (χ1) is 12.8. The highest BCUT2D eigenvalue weighted by Crippen LogP contribution is 2.19. The third-order valence-electron chi connectivity index (χ3n) is 4.17. The van der Waals surface area contributed by atoms with E-state index in [0.717, 1.165) is 18.8 Å². The van der Waals surface area contributed by atoms with Crippen molar-refractivity contribution in [3.05, 3.63) is 48.4 Å². The summed E-state index contributed by atoms with van der Waals surface area (Å²) in [6, 6.07) is 8.97. The summed E-state index contributed by atoms with van der Waals surface area (Å²) in [6.07, 6.45) is 3.32. The van der Waals surface area contributed by atoms with E-state index in [0.29, 0.717) is 31.3 Å². The molecule has 3 heterocycles. The third-order valence-corrected chi connectivity index (χ3v) is 4.17. The SMILES string of the molecule is COc1ccc(NC(=O)NC[C@@H](c2ccccn2)N2CCOCC2)cn1. The van der Waals surface area contributed by atoms with Crippen molar-refractivity contribution in [2.75, 3.05) is 45.3 Å². The van der Waals surface area contributed by atoms with E-state index in [9.17, 15) is 4.79 Å². The highest BCUT2D eigenvalue weighted by atomic mass is 16.5. The lowest BCUT2D eigenvalue weighted by Crippen LogP contribution is -2.44. The molecule has 1 aliphatic heterocycles. The van der Waals surface area contributed by atoms with Gasteiger partial charge in [0.05, 0.1) is 43.9 Å². The molecule has 8 heteroatoms. The Morgan fingerprint density at radius 1 is 1.27 bits per heavy atom. The molecule has 0 aromatic carbocycles. The van der Waals surface area contributed by atoms with Gasteiger partial charge in [0.2, 0.25) is 5.88 Å². The number of aromatic nitrogens is 2. The number of ether oxygens (including phenoxy) is 2. The predicted molar refractivity (Wildman–Crippen MR) is 97.2 cm³/mol. The van der Waals surface area contributed by atoms with Crippen molar-refractivity contribution in [1.82, 2.24) is 20.2 Å². The normalized spacial score (nSPS) is 15.9. The van der Waals surface area contributed by atoms with E-state index in [-0.39, 0.29) is 12.1 Å². The summed E-state index contributed by atoms with van der Waals surface area (Å²) < 4.78 is 10.4. The zero-order chi connectivity index (χ0) is 18.2. The maximum Gasteiger partial charge on any atom is 0.319 e. The Balaban J connectivity index is 1.60. The van der Waals surface area contributed by atoms with Crippen LogP contribution in [0.15, 0.2) is 42.7 Å². The number of nitrogens with zero attached hydrogens (tertiary/aromatic N) is 3. The summed E-state index contributed by atoms with van der Waals surface area (Å²) in [4.78, 5) is 23.0. The third kappa shape index (κ3) is 4.90. The van der Waals surface area contributed by atoms with Crippen LogP contribution in [0.25, 0.3) is 0 Å². The Morgan fingerprint density at radius 2 is 2.12 bits per heavy atom. The summed E-state index contributed by atoms with van der Waals surface area (Å²) in [7, 11) is 1.55. The van der Waals surface area contributed by atoms with Gasteiger partial charge in [-0.05, 0) is 18.2 Å². The topological polar surface area (TPSA) is 88.6 Å². The minimum Gasteiger partial charge on any atom is -0.481 e. The number of hydrogen-bond donors (Lipinski definition) is 2. The number of nitrogens with one attached hydrogen (secondary N) is 2. The number of hydrogen-bond acceptors (Lipinski definition) is 6. The second-order valence-corrected chi connectivity index (χ2v) is 5.84. The molecule has 0 spiro atoms. The maximum atomic E-state index is 12.2. The summed E-state index contributed by atoms with van der Waals surface area (Å²) in [5.74, 6) is 0.499. The molecular formula is C18H23N5O3. The zero-order valence-electron chi connectivity index (χ0n) is 14.7. The van der Waals surface area contributed by atoms with E-state index < -0.39 is 0 Å². The molecule has 0 aliphatic carbocycles. The molecule has 0 radical (unpaired) electrons. The maximum absolute atomic E-state index is 12.2. The van der Waals surface area contributed by atoms with Crippen molar-refractivity contribution in [1.29, 1.82) is 0 Å². The van der Waals surface area contributed by atoms with Gasteiger partial charge in [0.25, 0.3) is 0 Å². The zero-order valence-corrected chi connectivity index (χ0v) is 14.7. The number of amides is 2. The Kier molecular flexibility index (Phi) is 6.34. The van der Waals surface area contributed by atoms with Crippen molar-refractivity contribution in [2.45, 2.75) is 6.04 Å². The van der Waals surface area contributed by atoms with Gasteiger partial charge in [0, 0.05) is 31.9 Å². The van der Waals surface area contributed by atoms with Crippen LogP contribution in [0.2, 0.25) is 0 Å². The summed E-state index contributed by atoms with van der Waals surface area (Å²) >= 11 is 0. The van der Waals surface area contributed by atoms with Gasteiger partial charge in [-0.1, -0.05) is 6.07 Å². The van der Waals surface area contributed by atoms with Gasteiger partial charge in [-0.25, -0.2) is 9.78 Å². The molecule has 138 valence electrons. The number of carbonyl (C=O) groups excluding carboxylic acids is 1. The van der Waals surface area contributed by atoms with Gasteiger partial charge in [-0.2, -0.15) is 0 Å². The summed E-state index contributed by atoms with van der Waals surface area (Å²) in [5.41, 5.74) is 1.53. The number of urea groups is 1. The lowest BCUT2D eigenvalue weighted by molar-refractivity contribution is 0.0159. The molecule has 1 fully saturated rings. The number of pyridine rings is 2. The van der Waals surface area contributed by atoms with Crippen LogP contribution in [0.3, 0.4) is 0 Å². The van der Waals surface area contributed by atoms with E-state index in [1.807, 2.05) is 18.2 Å². The fraction of sp³-hybridized carbons (Fsp3) is 0.389. The molecule has 1 saturated heterocycles. The number of morpholine rings is 1. The van der Waals surface area contributed by atoms with Crippen molar-refractivity contribution in [3.63, 3.8) is 0 Å². The summed E-state index contributed by atoms with van der Waals surface area (Å²) in [6.45, 7) is 3.45. The van der Waals surface area contributed by atoms with E-state index >= 15 is 0 Å². The molecule has 3 rings (SSSR count). The van der Waals surface area contributed by atoms with Crippen molar-refractivity contribution in [2.24, 2.45) is 0 Å². The molecule has 1 aliphatic rings. The molecule has 8 nitrogen and oxygen atoms in total. The fourth-order valence-electron chi connectivity index (χ4n) is 2.82. The first kappa shape index (κ1) is 18.1. The van der Waals surface area contributed by atoms with E-state index in [1.165, 1.54) is 0 Å². The lowest BCUT2D eigenvalue weighted by atomic mass is 10.1. The van der Waals surface area contributed by atoms with Crippen LogP contribution in [0.5, 0.6) is 5.88 Å². The fourth-order valence-corrected chi connectivity index (χ4v) is 2.82. The molecule has 2 aromatic heterocycles. The Hall–Kier alpha value is -2.71.